The Morgan fingerprint density at radius 2 is 1.43 bits per heavy atom. The van der Waals surface area contributed by atoms with Gasteiger partial charge in [-0.15, -0.1) is 0 Å². The van der Waals surface area contributed by atoms with Crippen molar-refractivity contribution in [2.45, 2.75) is 5.92 Å². The largest absolute Gasteiger partial charge is 0.462 e. The van der Waals surface area contributed by atoms with Gasteiger partial charge >= 0.3 is 11.9 Å². The number of esters is 2. The third-order valence-electron chi connectivity index (χ3n) is 2.83. The number of rotatable bonds is 8. The van der Waals surface area contributed by atoms with Gasteiger partial charge < -0.3 is 9.47 Å². The van der Waals surface area contributed by atoms with Gasteiger partial charge in [0.2, 0.25) is 0 Å². The van der Waals surface area contributed by atoms with Crippen LogP contribution >= 0.6 is 0 Å². The van der Waals surface area contributed by atoms with Crippen molar-refractivity contribution < 1.29 is 19.1 Å². The van der Waals surface area contributed by atoms with E-state index in [1.165, 1.54) is 0 Å². The van der Waals surface area contributed by atoms with Crippen molar-refractivity contribution in [1.29, 1.82) is 0 Å². The molecule has 4 heteroatoms. The summed E-state index contributed by atoms with van der Waals surface area (Å²) in [7, 11) is 0. The fraction of sp³-hybridized carbons (Fsp3) is 0.176. The summed E-state index contributed by atoms with van der Waals surface area (Å²) in [5.74, 6) is -1.29. The van der Waals surface area contributed by atoms with E-state index in [2.05, 4.69) is 19.7 Å². The molecule has 1 aromatic carbocycles. The average molecular weight is 286 g/mol. The van der Waals surface area contributed by atoms with Gasteiger partial charge in [0.25, 0.3) is 0 Å². The van der Waals surface area contributed by atoms with Crippen molar-refractivity contribution in [2.24, 2.45) is 0 Å². The lowest BCUT2D eigenvalue weighted by molar-refractivity contribution is -0.141. The molecule has 0 radical (unpaired) electrons. The Hall–Kier alpha value is -2.62. The first-order valence-electron chi connectivity index (χ1n) is 6.41. The molecular weight excluding hydrogens is 268 g/mol. The van der Waals surface area contributed by atoms with Crippen LogP contribution in [0.25, 0.3) is 6.08 Å². The fourth-order valence-electron chi connectivity index (χ4n) is 1.63. The lowest BCUT2D eigenvalue weighted by atomic mass is 9.99. The normalized spacial score (nSPS) is 9.76. The molecule has 0 unspecified atom stereocenters. The van der Waals surface area contributed by atoms with Gasteiger partial charge in [0.15, 0.2) is 0 Å². The van der Waals surface area contributed by atoms with Gasteiger partial charge in [-0.3, -0.25) is 0 Å². The molecule has 0 saturated carbocycles. The zero-order valence-corrected chi connectivity index (χ0v) is 11.8. The molecule has 0 aliphatic rings. The van der Waals surface area contributed by atoms with Crippen molar-refractivity contribution in [3.8, 4) is 0 Å². The maximum Gasteiger partial charge on any atom is 0.330 e. The standard InChI is InChI=1S/C17H18O4/c1-4-13-7-9-14(10-8-13)15(11-20-16(18)5-2)12-21-17(19)6-3/h4-10,15H,1-3,11-12H2. The number of hydrogen-bond donors (Lipinski definition) is 0. The number of hydrogen-bond acceptors (Lipinski definition) is 4. The smallest absolute Gasteiger partial charge is 0.330 e. The van der Waals surface area contributed by atoms with Gasteiger partial charge in [0, 0.05) is 12.2 Å². The highest BCUT2D eigenvalue weighted by atomic mass is 16.5. The van der Waals surface area contributed by atoms with E-state index in [0.29, 0.717) is 0 Å². The van der Waals surface area contributed by atoms with Gasteiger partial charge in [-0.05, 0) is 11.1 Å². The zero-order valence-electron chi connectivity index (χ0n) is 11.8. The fourth-order valence-corrected chi connectivity index (χ4v) is 1.63. The van der Waals surface area contributed by atoms with Crippen LogP contribution in [0.1, 0.15) is 17.0 Å². The molecule has 110 valence electrons. The van der Waals surface area contributed by atoms with E-state index >= 15 is 0 Å². The SMILES string of the molecule is C=CC(=O)OCC(COC(=O)C=C)c1ccc(C=C)cc1. The molecule has 1 rings (SSSR count). The minimum absolute atomic E-state index is 0.0999. The summed E-state index contributed by atoms with van der Waals surface area (Å²) in [6.07, 6.45) is 3.91. The molecule has 0 bridgehead atoms. The van der Waals surface area contributed by atoms with Crippen molar-refractivity contribution in [2.75, 3.05) is 13.2 Å². The Labute approximate surface area is 124 Å². The Morgan fingerprint density at radius 3 is 1.81 bits per heavy atom. The molecular formula is C17H18O4. The molecule has 0 amide bonds. The van der Waals surface area contributed by atoms with Crippen LogP contribution in [-0.2, 0) is 19.1 Å². The van der Waals surface area contributed by atoms with Crippen molar-refractivity contribution >= 4 is 18.0 Å². The summed E-state index contributed by atoms with van der Waals surface area (Å²) in [5.41, 5.74) is 1.87. The second-order valence-electron chi connectivity index (χ2n) is 4.24. The van der Waals surface area contributed by atoms with Crippen LogP contribution in [0.4, 0.5) is 0 Å². The van der Waals surface area contributed by atoms with E-state index in [1.54, 1.807) is 6.08 Å². The van der Waals surface area contributed by atoms with Crippen LogP contribution < -0.4 is 0 Å². The Balaban J connectivity index is 2.79. The number of carbonyl (C=O) groups is 2. The van der Waals surface area contributed by atoms with E-state index in [1.807, 2.05) is 24.3 Å². The average Bonchev–Trinajstić information content (AvgIpc) is 2.54. The summed E-state index contributed by atoms with van der Waals surface area (Å²) in [4.78, 5) is 22.3. The summed E-state index contributed by atoms with van der Waals surface area (Å²) in [6, 6.07) is 7.54. The number of benzene rings is 1. The van der Waals surface area contributed by atoms with Gasteiger partial charge in [-0.25, -0.2) is 9.59 Å². The zero-order chi connectivity index (χ0) is 15.7. The lowest BCUT2D eigenvalue weighted by Crippen LogP contribution is -2.18. The molecule has 0 aromatic heterocycles. The Kier molecular flexibility index (Phi) is 6.68. The third-order valence-corrected chi connectivity index (χ3v) is 2.83. The van der Waals surface area contributed by atoms with E-state index in [9.17, 15) is 9.59 Å². The molecule has 0 fully saturated rings. The van der Waals surface area contributed by atoms with Crippen LogP contribution in [0.3, 0.4) is 0 Å². The van der Waals surface area contributed by atoms with E-state index in [4.69, 9.17) is 9.47 Å². The molecule has 0 N–H and O–H groups in total. The minimum atomic E-state index is -0.516. The highest BCUT2D eigenvalue weighted by Gasteiger charge is 2.15. The number of carbonyl (C=O) groups excluding carboxylic acids is 2. The van der Waals surface area contributed by atoms with Crippen LogP contribution in [0, 0.1) is 0 Å². The van der Waals surface area contributed by atoms with Gasteiger partial charge in [-0.1, -0.05) is 50.1 Å². The second kappa shape index (κ2) is 8.53. The van der Waals surface area contributed by atoms with Crippen molar-refractivity contribution in [3.63, 3.8) is 0 Å². The molecule has 0 aliphatic carbocycles. The molecule has 21 heavy (non-hydrogen) atoms. The predicted molar refractivity (Wildman–Crippen MR) is 81.6 cm³/mol. The van der Waals surface area contributed by atoms with E-state index < -0.39 is 11.9 Å². The topological polar surface area (TPSA) is 52.6 Å². The highest BCUT2D eigenvalue weighted by molar-refractivity contribution is 5.81. The maximum atomic E-state index is 11.2. The van der Waals surface area contributed by atoms with Gasteiger partial charge in [-0.2, -0.15) is 0 Å². The first kappa shape index (κ1) is 16.4. The molecule has 0 aliphatic heterocycles. The maximum absolute atomic E-state index is 11.2. The van der Waals surface area contributed by atoms with Crippen LogP contribution in [-0.4, -0.2) is 25.2 Å². The molecule has 0 saturated heterocycles. The monoisotopic (exact) mass is 286 g/mol. The molecule has 1 aromatic rings. The predicted octanol–water partition coefficient (Wildman–Crippen LogP) is 2.87. The van der Waals surface area contributed by atoms with E-state index in [0.717, 1.165) is 23.3 Å². The lowest BCUT2D eigenvalue weighted by Gasteiger charge is -2.17. The quantitative estimate of drug-likeness (QED) is 0.544. The molecule has 0 heterocycles. The van der Waals surface area contributed by atoms with Crippen molar-refractivity contribution in [3.05, 3.63) is 67.3 Å². The Morgan fingerprint density at radius 1 is 0.952 bits per heavy atom. The first-order chi connectivity index (χ1) is 10.1. The Bertz CT molecular complexity index is 504. The summed E-state index contributed by atoms with van der Waals surface area (Å²) in [5, 5.41) is 0. The molecule has 0 atom stereocenters. The van der Waals surface area contributed by atoms with Gasteiger partial charge in [0.05, 0.1) is 5.92 Å². The van der Waals surface area contributed by atoms with E-state index in [-0.39, 0.29) is 19.1 Å². The summed E-state index contributed by atoms with van der Waals surface area (Å²) >= 11 is 0. The highest BCUT2D eigenvalue weighted by Crippen LogP contribution is 2.18. The van der Waals surface area contributed by atoms with Crippen LogP contribution in [0.5, 0.6) is 0 Å². The second-order valence-corrected chi connectivity index (χ2v) is 4.24. The molecule has 4 nitrogen and oxygen atoms in total. The van der Waals surface area contributed by atoms with Crippen LogP contribution in [0.15, 0.2) is 56.2 Å². The van der Waals surface area contributed by atoms with Crippen LogP contribution in [0.2, 0.25) is 0 Å². The summed E-state index contributed by atoms with van der Waals surface area (Å²) < 4.78 is 10.1. The summed E-state index contributed by atoms with van der Waals surface area (Å²) in [6.45, 7) is 10.6. The van der Waals surface area contributed by atoms with Gasteiger partial charge in [0.1, 0.15) is 13.2 Å². The minimum Gasteiger partial charge on any atom is -0.462 e. The third kappa shape index (κ3) is 5.48. The van der Waals surface area contributed by atoms with Crippen molar-refractivity contribution in [1.82, 2.24) is 0 Å². The molecule has 0 spiro atoms. The first-order valence-corrected chi connectivity index (χ1v) is 6.41. The number of ether oxygens (including phenoxy) is 2.